The summed E-state index contributed by atoms with van der Waals surface area (Å²) in [5.74, 6) is -0.264. The highest BCUT2D eigenvalue weighted by atomic mass is 79.9. The van der Waals surface area contributed by atoms with Crippen molar-refractivity contribution in [2.75, 3.05) is 18.9 Å². The van der Waals surface area contributed by atoms with Gasteiger partial charge in [0, 0.05) is 27.3 Å². The molecule has 0 unspecified atom stereocenters. The molecule has 1 aromatic carbocycles. The van der Waals surface area contributed by atoms with Gasteiger partial charge in [-0.1, -0.05) is 12.1 Å². The monoisotopic (exact) mass is 421 g/mol. The lowest BCUT2D eigenvalue weighted by Gasteiger charge is -2.16. The van der Waals surface area contributed by atoms with Crippen LogP contribution in [-0.2, 0) is 11.3 Å². The Morgan fingerprint density at radius 3 is 2.76 bits per heavy atom. The molecule has 0 atom stereocenters. The zero-order valence-corrected chi connectivity index (χ0v) is 16.3. The van der Waals surface area contributed by atoms with Crippen molar-refractivity contribution in [3.05, 3.63) is 50.6 Å². The van der Waals surface area contributed by atoms with E-state index in [0.29, 0.717) is 17.8 Å². The summed E-state index contributed by atoms with van der Waals surface area (Å²) < 4.78 is 1.06. The van der Waals surface area contributed by atoms with Gasteiger partial charge in [0.05, 0.1) is 17.8 Å². The Kier molecular flexibility index (Phi) is 5.88. The van der Waals surface area contributed by atoms with Crippen LogP contribution in [0.5, 0.6) is 0 Å². The lowest BCUT2D eigenvalue weighted by molar-refractivity contribution is -0.117. The summed E-state index contributed by atoms with van der Waals surface area (Å²) in [5.41, 5.74) is 1.06. The zero-order chi connectivity index (χ0) is 17.8. The number of para-hydroxylation sites is 1. The molecule has 1 aliphatic carbocycles. The fourth-order valence-electron chi connectivity index (χ4n) is 2.47. The van der Waals surface area contributed by atoms with Crippen LogP contribution < -0.4 is 10.6 Å². The van der Waals surface area contributed by atoms with Crippen LogP contribution >= 0.6 is 27.3 Å². The Hall–Kier alpha value is -1.70. The molecule has 1 fully saturated rings. The summed E-state index contributed by atoms with van der Waals surface area (Å²) in [6.07, 6.45) is 2.06. The molecular formula is C18H20BrN3O2S. The van der Waals surface area contributed by atoms with Crippen LogP contribution in [0.25, 0.3) is 0 Å². The predicted molar refractivity (Wildman–Crippen MR) is 104 cm³/mol. The number of likely N-dealkylation sites (N-methyl/N-ethyl adjacent to an activating group) is 1. The zero-order valence-electron chi connectivity index (χ0n) is 13.9. The Morgan fingerprint density at radius 2 is 2.08 bits per heavy atom. The second-order valence-corrected chi connectivity index (χ2v) is 8.16. The van der Waals surface area contributed by atoms with Gasteiger partial charge in [0.1, 0.15) is 0 Å². The molecule has 25 heavy (non-hydrogen) atoms. The molecular weight excluding hydrogens is 402 g/mol. The highest BCUT2D eigenvalue weighted by molar-refractivity contribution is 9.10. The van der Waals surface area contributed by atoms with E-state index >= 15 is 0 Å². The molecule has 132 valence electrons. The normalized spacial score (nSPS) is 13.7. The molecule has 7 heteroatoms. The molecule has 2 amide bonds. The van der Waals surface area contributed by atoms with E-state index in [4.69, 9.17) is 0 Å². The Bertz CT molecular complexity index is 773. The van der Waals surface area contributed by atoms with Gasteiger partial charge in [0.25, 0.3) is 5.91 Å². The quantitative estimate of drug-likeness (QED) is 0.719. The van der Waals surface area contributed by atoms with Crippen molar-refractivity contribution < 1.29 is 9.59 Å². The summed E-state index contributed by atoms with van der Waals surface area (Å²) in [6.45, 7) is 0.960. The molecule has 2 N–H and O–H groups in total. The predicted octanol–water partition coefficient (Wildman–Crippen LogP) is 3.47. The number of carbonyl (C=O) groups excluding carboxylic acids is 2. The van der Waals surface area contributed by atoms with E-state index in [0.717, 1.165) is 17.3 Å². The van der Waals surface area contributed by atoms with Crippen LogP contribution in [0.15, 0.2) is 40.2 Å². The maximum atomic E-state index is 12.3. The number of rotatable bonds is 7. The van der Waals surface area contributed by atoms with Crippen LogP contribution in [0.2, 0.25) is 0 Å². The average molecular weight is 422 g/mol. The van der Waals surface area contributed by atoms with E-state index in [1.165, 1.54) is 4.88 Å². The SMILES string of the molecule is CN(CC(=O)Nc1ccccc1C(=O)NC1CC1)Cc1cc(Br)cs1. The van der Waals surface area contributed by atoms with Crippen LogP contribution in [0.4, 0.5) is 5.69 Å². The van der Waals surface area contributed by atoms with Crippen molar-refractivity contribution in [3.8, 4) is 0 Å². The molecule has 0 spiro atoms. The topological polar surface area (TPSA) is 61.4 Å². The second kappa shape index (κ2) is 8.12. The number of carbonyl (C=O) groups is 2. The summed E-state index contributed by atoms with van der Waals surface area (Å²) in [7, 11) is 1.90. The highest BCUT2D eigenvalue weighted by Gasteiger charge is 2.25. The number of benzene rings is 1. The minimum absolute atomic E-state index is 0.129. The maximum absolute atomic E-state index is 12.3. The number of thiophene rings is 1. The van der Waals surface area contributed by atoms with Gasteiger partial charge in [-0.25, -0.2) is 0 Å². The molecule has 0 radical (unpaired) electrons. The molecule has 5 nitrogen and oxygen atoms in total. The Labute approximate surface area is 159 Å². The fraction of sp³-hybridized carbons (Fsp3) is 0.333. The maximum Gasteiger partial charge on any atom is 0.253 e. The molecule has 3 rings (SSSR count). The Morgan fingerprint density at radius 1 is 1.32 bits per heavy atom. The molecule has 1 saturated carbocycles. The van der Waals surface area contributed by atoms with E-state index in [9.17, 15) is 9.59 Å². The van der Waals surface area contributed by atoms with Crippen molar-refractivity contribution in [1.29, 1.82) is 0 Å². The third-order valence-corrected chi connectivity index (χ3v) is 5.50. The number of nitrogens with zero attached hydrogens (tertiary/aromatic N) is 1. The van der Waals surface area contributed by atoms with Crippen molar-refractivity contribution in [2.45, 2.75) is 25.4 Å². The summed E-state index contributed by atoms with van der Waals surface area (Å²) in [4.78, 5) is 27.8. The lowest BCUT2D eigenvalue weighted by atomic mass is 10.1. The first kappa shape index (κ1) is 18.1. The van der Waals surface area contributed by atoms with Gasteiger partial charge in [0.15, 0.2) is 0 Å². The standard InChI is InChI=1S/C18H20BrN3O2S/c1-22(9-14-8-12(19)11-25-14)10-17(23)21-16-5-3-2-4-15(16)18(24)20-13-6-7-13/h2-5,8,11,13H,6-7,9-10H2,1H3,(H,20,24)(H,21,23). The smallest absolute Gasteiger partial charge is 0.253 e. The van der Waals surface area contributed by atoms with E-state index < -0.39 is 0 Å². The number of hydrogen-bond donors (Lipinski definition) is 2. The molecule has 2 aromatic rings. The van der Waals surface area contributed by atoms with Gasteiger partial charge in [-0.15, -0.1) is 11.3 Å². The Balaban J connectivity index is 1.57. The van der Waals surface area contributed by atoms with Gasteiger partial charge in [0.2, 0.25) is 5.91 Å². The number of hydrogen-bond acceptors (Lipinski definition) is 4. The number of anilines is 1. The van der Waals surface area contributed by atoms with Crippen molar-refractivity contribution >= 4 is 44.8 Å². The van der Waals surface area contributed by atoms with Gasteiger partial charge in [-0.2, -0.15) is 0 Å². The average Bonchev–Trinajstić information content (AvgIpc) is 3.28. The van der Waals surface area contributed by atoms with Crippen LogP contribution in [0.1, 0.15) is 28.1 Å². The van der Waals surface area contributed by atoms with Gasteiger partial charge in [-0.3, -0.25) is 14.5 Å². The summed E-state index contributed by atoms with van der Waals surface area (Å²) in [5, 5.41) is 7.84. The molecule has 1 heterocycles. The van der Waals surface area contributed by atoms with Crippen LogP contribution in [0.3, 0.4) is 0 Å². The largest absolute Gasteiger partial charge is 0.349 e. The van der Waals surface area contributed by atoms with Gasteiger partial charge < -0.3 is 10.6 Å². The first-order chi connectivity index (χ1) is 12.0. The number of nitrogens with one attached hydrogen (secondary N) is 2. The molecule has 0 saturated heterocycles. The molecule has 1 aromatic heterocycles. The van der Waals surface area contributed by atoms with Gasteiger partial charge in [-0.05, 0) is 54.0 Å². The molecule has 1 aliphatic rings. The van der Waals surface area contributed by atoms with Crippen molar-refractivity contribution in [3.63, 3.8) is 0 Å². The fourth-order valence-corrected chi connectivity index (χ4v) is 4.00. The van der Waals surface area contributed by atoms with E-state index in [1.54, 1.807) is 29.5 Å². The van der Waals surface area contributed by atoms with Crippen molar-refractivity contribution in [1.82, 2.24) is 10.2 Å². The van der Waals surface area contributed by atoms with E-state index in [1.807, 2.05) is 23.4 Å². The number of amides is 2. The van der Waals surface area contributed by atoms with E-state index in [-0.39, 0.29) is 24.4 Å². The summed E-state index contributed by atoms with van der Waals surface area (Å²) >= 11 is 5.09. The molecule has 0 bridgehead atoms. The highest BCUT2D eigenvalue weighted by Crippen LogP contribution is 2.22. The third-order valence-electron chi connectivity index (χ3n) is 3.82. The van der Waals surface area contributed by atoms with E-state index in [2.05, 4.69) is 32.6 Å². The first-order valence-electron chi connectivity index (χ1n) is 8.12. The van der Waals surface area contributed by atoms with Crippen LogP contribution in [-0.4, -0.2) is 36.3 Å². The van der Waals surface area contributed by atoms with Gasteiger partial charge >= 0.3 is 0 Å². The van der Waals surface area contributed by atoms with Crippen molar-refractivity contribution in [2.24, 2.45) is 0 Å². The first-order valence-corrected chi connectivity index (χ1v) is 9.80. The summed E-state index contributed by atoms with van der Waals surface area (Å²) in [6, 6.07) is 9.45. The third kappa shape index (κ3) is 5.39. The lowest BCUT2D eigenvalue weighted by Crippen LogP contribution is -2.31. The number of halogens is 1. The minimum Gasteiger partial charge on any atom is -0.349 e. The van der Waals surface area contributed by atoms with Crippen LogP contribution in [0, 0.1) is 0 Å². The second-order valence-electron chi connectivity index (χ2n) is 6.25. The molecule has 0 aliphatic heterocycles. The minimum atomic E-state index is -0.134.